The van der Waals surface area contributed by atoms with Crippen LogP contribution in [0.3, 0.4) is 0 Å². The van der Waals surface area contributed by atoms with Gasteiger partial charge in [0.25, 0.3) is 0 Å². The van der Waals surface area contributed by atoms with Crippen molar-refractivity contribution in [1.29, 1.82) is 5.26 Å². The van der Waals surface area contributed by atoms with Crippen LogP contribution in [0.5, 0.6) is 0 Å². The monoisotopic (exact) mass is 306 g/mol. The molecule has 0 bridgehead atoms. The molecule has 23 heavy (non-hydrogen) atoms. The predicted molar refractivity (Wildman–Crippen MR) is 83.9 cm³/mol. The maximum Gasteiger partial charge on any atom is 0.337 e. The number of aryl methyl sites for hydroxylation is 2. The van der Waals surface area contributed by atoms with Gasteiger partial charge in [-0.2, -0.15) is 5.26 Å². The Balaban J connectivity index is 1.81. The van der Waals surface area contributed by atoms with Crippen molar-refractivity contribution in [2.75, 3.05) is 7.11 Å². The quantitative estimate of drug-likeness (QED) is 0.691. The number of esters is 1. The fraction of sp³-hybridized carbons (Fsp3) is 0.167. The molecule has 3 rings (SSSR count). The molecule has 0 aliphatic rings. The number of carbonyl (C=O) groups excluding carboxylic acids is 1. The van der Waals surface area contributed by atoms with E-state index in [1.807, 2.05) is 18.2 Å². The van der Waals surface area contributed by atoms with Crippen molar-refractivity contribution in [3.05, 3.63) is 65.0 Å². The van der Waals surface area contributed by atoms with Crippen LogP contribution in [-0.4, -0.2) is 18.1 Å². The smallest absolute Gasteiger partial charge is 0.337 e. The number of hydrogen-bond acceptors (Lipinski definition) is 5. The van der Waals surface area contributed by atoms with Crippen molar-refractivity contribution < 1.29 is 13.9 Å². The third-order valence-corrected chi connectivity index (χ3v) is 3.60. The molecular formula is C18H14N2O3. The van der Waals surface area contributed by atoms with Crippen molar-refractivity contribution >= 4 is 17.1 Å². The van der Waals surface area contributed by atoms with Gasteiger partial charge in [0.05, 0.1) is 24.3 Å². The number of ether oxygens (including phenoxy) is 1. The van der Waals surface area contributed by atoms with Crippen molar-refractivity contribution in [1.82, 2.24) is 4.98 Å². The lowest BCUT2D eigenvalue weighted by molar-refractivity contribution is 0.0601. The maximum absolute atomic E-state index is 11.5. The summed E-state index contributed by atoms with van der Waals surface area (Å²) in [6, 6.07) is 14.7. The second-order valence-corrected chi connectivity index (χ2v) is 5.05. The molecule has 1 heterocycles. The molecule has 5 heteroatoms. The molecule has 114 valence electrons. The highest BCUT2D eigenvalue weighted by atomic mass is 16.5. The summed E-state index contributed by atoms with van der Waals surface area (Å²) in [6.07, 6.45) is 1.25. The molecule has 2 aromatic carbocycles. The molecule has 0 aliphatic carbocycles. The molecule has 0 fully saturated rings. The lowest BCUT2D eigenvalue weighted by Crippen LogP contribution is -2.00. The molecule has 5 nitrogen and oxygen atoms in total. The lowest BCUT2D eigenvalue weighted by Gasteiger charge is -2.00. The van der Waals surface area contributed by atoms with Gasteiger partial charge in [-0.05, 0) is 36.2 Å². The Hall–Kier alpha value is -3.13. The average Bonchev–Trinajstić information content (AvgIpc) is 3.01. The van der Waals surface area contributed by atoms with Gasteiger partial charge in [0, 0.05) is 6.42 Å². The zero-order valence-corrected chi connectivity index (χ0v) is 12.6. The van der Waals surface area contributed by atoms with Crippen LogP contribution in [0.25, 0.3) is 11.1 Å². The van der Waals surface area contributed by atoms with Gasteiger partial charge in [-0.3, -0.25) is 0 Å². The Morgan fingerprint density at radius 2 is 2.09 bits per heavy atom. The molecule has 0 unspecified atom stereocenters. The van der Waals surface area contributed by atoms with E-state index >= 15 is 0 Å². The van der Waals surface area contributed by atoms with Gasteiger partial charge in [-0.15, -0.1) is 0 Å². The number of carbonyl (C=O) groups is 1. The van der Waals surface area contributed by atoms with Gasteiger partial charge in [0.15, 0.2) is 11.5 Å². The summed E-state index contributed by atoms with van der Waals surface area (Å²) in [6.45, 7) is 0. The van der Waals surface area contributed by atoms with Gasteiger partial charge < -0.3 is 9.15 Å². The molecule has 0 N–H and O–H groups in total. The van der Waals surface area contributed by atoms with E-state index in [1.165, 1.54) is 7.11 Å². The first kappa shape index (κ1) is 14.8. The van der Waals surface area contributed by atoms with Crippen LogP contribution in [0.2, 0.25) is 0 Å². The lowest BCUT2D eigenvalue weighted by atomic mass is 10.0. The molecule has 0 spiro atoms. The SMILES string of the molecule is COC(=O)c1ccc2nc(CCc3ccccc3C#N)oc2c1. The largest absolute Gasteiger partial charge is 0.465 e. The molecule has 0 radical (unpaired) electrons. The van der Waals surface area contributed by atoms with Gasteiger partial charge >= 0.3 is 5.97 Å². The van der Waals surface area contributed by atoms with Crippen LogP contribution in [0.15, 0.2) is 46.9 Å². The number of benzene rings is 2. The van der Waals surface area contributed by atoms with Gasteiger partial charge in [-0.1, -0.05) is 18.2 Å². The standard InChI is InChI=1S/C18H14N2O3/c1-22-18(21)13-6-8-15-16(10-13)23-17(20-15)9-7-12-4-2-3-5-14(12)11-19/h2-6,8,10H,7,9H2,1H3. The molecule has 1 aromatic heterocycles. The first-order valence-corrected chi connectivity index (χ1v) is 7.17. The number of hydrogen-bond donors (Lipinski definition) is 0. The van der Waals surface area contributed by atoms with Crippen LogP contribution in [0.4, 0.5) is 0 Å². The second kappa shape index (κ2) is 6.32. The zero-order chi connectivity index (χ0) is 16.2. The summed E-state index contributed by atoms with van der Waals surface area (Å²) in [7, 11) is 1.34. The van der Waals surface area contributed by atoms with Gasteiger partial charge in [-0.25, -0.2) is 9.78 Å². The number of aromatic nitrogens is 1. The Labute approximate surface area is 133 Å². The van der Waals surface area contributed by atoms with Crippen molar-refractivity contribution in [3.8, 4) is 6.07 Å². The van der Waals surface area contributed by atoms with Crippen molar-refractivity contribution in [2.24, 2.45) is 0 Å². The highest BCUT2D eigenvalue weighted by Gasteiger charge is 2.11. The summed E-state index contributed by atoms with van der Waals surface area (Å²) < 4.78 is 10.4. The van der Waals surface area contributed by atoms with Gasteiger partial charge in [0.2, 0.25) is 0 Å². The van der Waals surface area contributed by atoms with Crippen molar-refractivity contribution in [3.63, 3.8) is 0 Å². The van der Waals surface area contributed by atoms with Gasteiger partial charge in [0.1, 0.15) is 5.52 Å². The predicted octanol–water partition coefficient (Wildman–Crippen LogP) is 3.27. The van der Waals surface area contributed by atoms with Crippen LogP contribution in [0, 0.1) is 11.3 Å². The molecule has 3 aromatic rings. The van der Waals surface area contributed by atoms with E-state index in [9.17, 15) is 4.79 Å². The summed E-state index contributed by atoms with van der Waals surface area (Å²) in [5, 5.41) is 9.10. The Bertz CT molecular complexity index is 906. The minimum absolute atomic E-state index is 0.409. The zero-order valence-electron chi connectivity index (χ0n) is 12.6. The Morgan fingerprint density at radius 3 is 2.87 bits per heavy atom. The third-order valence-electron chi connectivity index (χ3n) is 3.60. The highest BCUT2D eigenvalue weighted by molar-refractivity contribution is 5.93. The van der Waals surface area contributed by atoms with E-state index in [-0.39, 0.29) is 0 Å². The number of oxazole rings is 1. The van der Waals surface area contributed by atoms with Crippen LogP contribution in [-0.2, 0) is 17.6 Å². The minimum atomic E-state index is -0.409. The molecule has 0 atom stereocenters. The highest BCUT2D eigenvalue weighted by Crippen LogP contribution is 2.19. The van der Waals surface area contributed by atoms with E-state index in [0.717, 1.165) is 5.56 Å². The average molecular weight is 306 g/mol. The molecule has 0 amide bonds. The summed E-state index contributed by atoms with van der Waals surface area (Å²) in [5.41, 5.74) is 3.30. The summed E-state index contributed by atoms with van der Waals surface area (Å²) in [4.78, 5) is 15.9. The van der Waals surface area contributed by atoms with E-state index in [2.05, 4.69) is 11.1 Å². The van der Waals surface area contributed by atoms with Crippen LogP contribution >= 0.6 is 0 Å². The van der Waals surface area contributed by atoms with E-state index in [0.29, 0.717) is 41.0 Å². The summed E-state index contributed by atoms with van der Waals surface area (Å²) in [5.74, 6) is 0.169. The number of methoxy groups -OCH3 is 1. The topological polar surface area (TPSA) is 76.1 Å². The number of nitrogens with zero attached hydrogens (tertiary/aromatic N) is 2. The molecule has 0 saturated carbocycles. The summed E-state index contributed by atoms with van der Waals surface area (Å²) >= 11 is 0. The van der Waals surface area contributed by atoms with E-state index in [1.54, 1.807) is 24.3 Å². The van der Waals surface area contributed by atoms with E-state index < -0.39 is 5.97 Å². The minimum Gasteiger partial charge on any atom is -0.465 e. The molecule has 0 aliphatic heterocycles. The molecule has 0 saturated heterocycles. The normalized spacial score (nSPS) is 10.4. The fourth-order valence-electron chi connectivity index (χ4n) is 2.41. The first-order chi connectivity index (χ1) is 11.2. The third kappa shape index (κ3) is 3.06. The van der Waals surface area contributed by atoms with Crippen LogP contribution < -0.4 is 0 Å². The van der Waals surface area contributed by atoms with E-state index in [4.69, 9.17) is 14.4 Å². The van der Waals surface area contributed by atoms with Crippen molar-refractivity contribution in [2.45, 2.75) is 12.8 Å². The van der Waals surface area contributed by atoms with Crippen LogP contribution in [0.1, 0.15) is 27.4 Å². The number of fused-ring (bicyclic) bond motifs is 1. The number of rotatable bonds is 4. The molecular weight excluding hydrogens is 292 g/mol. The maximum atomic E-state index is 11.5. The first-order valence-electron chi connectivity index (χ1n) is 7.17. The number of nitriles is 1. The second-order valence-electron chi connectivity index (χ2n) is 5.05. The fourth-order valence-corrected chi connectivity index (χ4v) is 2.41. The Kier molecular flexibility index (Phi) is 4.07. The Morgan fingerprint density at radius 1 is 1.26 bits per heavy atom.